The predicted octanol–water partition coefficient (Wildman–Crippen LogP) is 1.14. The lowest BCUT2D eigenvalue weighted by Crippen LogP contribution is -2.52. The van der Waals surface area contributed by atoms with E-state index >= 15 is 0 Å². The molecule has 3 amide bonds. The maximum atomic E-state index is 13.0. The molecule has 1 fully saturated rings. The molecule has 10 heteroatoms. The molecule has 0 aliphatic carbocycles. The van der Waals surface area contributed by atoms with Gasteiger partial charge in [-0.25, -0.2) is 9.78 Å². The molecule has 1 aliphatic rings. The van der Waals surface area contributed by atoms with Crippen molar-refractivity contribution >= 4 is 34.7 Å². The number of imide groups is 1. The van der Waals surface area contributed by atoms with Crippen LogP contribution in [0.15, 0.2) is 12.1 Å². The van der Waals surface area contributed by atoms with Gasteiger partial charge >= 0.3 is 5.97 Å². The molecule has 1 aliphatic heterocycles. The molecule has 0 saturated carbocycles. The first-order valence-electron chi connectivity index (χ1n) is 9.91. The Hall–Kier alpha value is -3.43. The second kappa shape index (κ2) is 8.37. The Morgan fingerprint density at radius 1 is 1.29 bits per heavy atom. The van der Waals surface area contributed by atoms with E-state index in [0.717, 1.165) is 0 Å². The monoisotopic (exact) mass is 430 g/mol. The van der Waals surface area contributed by atoms with E-state index in [1.54, 1.807) is 45.4 Å². The van der Waals surface area contributed by atoms with Gasteiger partial charge in [0.05, 0.1) is 11.1 Å². The van der Waals surface area contributed by atoms with Gasteiger partial charge in [-0.2, -0.15) is 0 Å². The van der Waals surface area contributed by atoms with Crippen LogP contribution in [0.5, 0.6) is 5.75 Å². The number of rotatable bonds is 5. The van der Waals surface area contributed by atoms with Crippen molar-refractivity contribution in [3.8, 4) is 5.75 Å². The molecular formula is C21H26N4O6. The molecule has 0 spiro atoms. The third-order valence-corrected chi connectivity index (χ3v) is 4.75. The van der Waals surface area contributed by atoms with Crippen LogP contribution >= 0.6 is 0 Å². The minimum Gasteiger partial charge on any atom is -0.482 e. The average Bonchev–Trinajstić information content (AvgIpc) is 2.94. The van der Waals surface area contributed by atoms with Crippen LogP contribution in [0.2, 0.25) is 0 Å². The van der Waals surface area contributed by atoms with Crippen LogP contribution in [0.3, 0.4) is 0 Å². The van der Waals surface area contributed by atoms with Crippen molar-refractivity contribution in [3.05, 3.63) is 23.5 Å². The number of hydrogen-bond acceptors (Lipinski definition) is 7. The minimum absolute atomic E-state index is 0.147. The molecule has 0 bridgehead atoms. The molecule has 1 saturated heterocycles. The fourth-order valence-electron chi connectivity index (χ4n) is 3.21. The second-order valence-electron chi connectivity index (χ2n) is 8.41. The van der Waals surface area contributed by atoms with Crippen molar-refractivity contribution in [2.75, 3.05) is 6.61 Å². The van der Waals surface area contributed by atoms with Gasteiger partial charge in [-0.15, -0.1) is 0 Å². The minimum atomic E-state index is -0.823. The first kappa shape index (κ1) is 22.3. The van der Waals surface area contributed by atoms with E-state index in [1.165, 1.54) is 6.07 Å². The summed E-state index contributed by atoms with van der Waals surface area (Å²) in [6.45, 7) is 6.74. The van der Waals surface area contributed by atoms with Crippen LogP contribution in [0.25, 0.3) is 11.0 Å². The van der Waals surface area contributed by atoms with E-state index in [0.29, 0.717) is 16.9 Å². The van der Waals surface area contributed by atoms with Gasteiger partial charge in [0.15, 0.2) is 6.61 Å². The highest BCUT2D eigenvalue weighted by atomic mass is 16.6. The number of aryl methyl sites for hydroxylation is 2. The van der Waals surface area contributed by atoms with E-state index in [-0.39, 0.29) is 36.7 Å². The number of esters is 1. The largest absolute Gasteiger partial charge is 0.482 e. The first-order chi connectivity index (χ1) is 14.4. The van der Waals surface area contributed by atoms with Crippen molar-refractivity contribution in [1.29, 1.82) is 0 Å². The smallest absolute Gasteiger partial charge is 0.344 e. The van der Waals surface area contributed by atoms with Gasteiger partial charge < -0.3 is 19.4 Å². The highest BCUT2D eigenvalue weighted by Gasteiger charge is 2.29. The number of benzene rings is 1. The zero-order valence-electron chi connectivity index (χ0n) is 18.2. The number of aromatic nitrogens is 2. The number of piperidine rings is 1. The van der Waals surface area contributed by atoms with Crippen LogP contribution in [-0.4, -0.2) is 51.5 Å². The standard InChI is InChI=1S/C21H26N4O6/c1-11-22-18-13(19(28)23-14-6-7-16(26)24-20(14)29)8-12(9-15(18)25(11)5)30-10-17(27)31-21(2,3)4/h8-9,14H,6-7,10H2,1-5H3,(H,23,28)(H,24,26,29). The van der Waals surface area contributed by atoms with Crippen molar-refractivity contribution in [3.63, 3.8) is 0 Å². The number of ether oxygens (including phenoxy) is 2. The fourth-order valence-corrected chi connectivity index (χ4v) is 3.21. The van der Waals surface area contributed by atoms with Crippen LogP contribution in [0.1, 0.15) is 49.8 Å². The normalized spacial score (nSPS) is 16.7. The maximum absolute atomic E-state index is 13.0. The zero-order chi connectivity index (χ0) is 22.9. The number of amides is 3. The SMILES string of the molecule is Cc1nc2c(C(=O)NC3CCC(=O)NC3=O)cc(OCC(=O)OC(C)(C)C)cc2n1C. The molecule has 2 N–H and O–H groups in total. The molecule has 2 heterocycles. The summed E-state index contributed by atoms with van der Waals surface area (Å²) in [6, 6.07) is 2.33. The van der Waals surface area contributed by atoms with Gasteiger partial charge in [0, 0.05) is 19.5 Å². The van der Waals surface area contributed by atoms with Crippen molar-refractivity contribution in [2.45, 2.75) is 52.2 Å². The second-order valence-corrected chi connectivity index (χ2v) is 8.41. The average molecular weight is 430 g/mol. The molecule has 1 atom stereocenters. The number of nitrogens with one attached hydrogen (secondary N) is 2. The predicted molar refractivity (Wildman–Crippen MR) is 110 cm³/mol. The van der Waals surface area contributed by atoms with E-state index in [2.05, 4.69) is 15.6 Å². The van der Waals surface area contributed by atoms with Gasteiger partial charge in [0.25, 0.3) is 5.91 Å². The Morgan fingerprint density at radius 2 is 2.00 bits per heavy atom. The lowest BCUT2D eigenvalue weighted by atomic mass is 10.0. The fraction of sp³-hybridized carbons (Fsp3) is 0.476. The van der Waals surface area contributed by atoms with Crippen molar-refractivity contribution < 1.29 is 28.7 Å². The molecule has 31 heavy (non-hydrogen) atoms. The quantitative estimate of drug-likeness (QED) is 0.538. The van der Waals surface area contributed by atoms with Crippen molar-refractivity contribution in [2.24, 2.45) is 7.05 Å². The van der Waals surface area contributed by atoms with Gasteiger partial charge in [-0.1, -0.05) is 0 Å². The number of fused-ring (bicyclic) bond motifs is 1. The zero-order valence-corrected chi connectivity index (χ0v) is 18.2. The summed E-state index contributed by atoms with van der Waals surface area (Å²) >= 11 is 0. The Bertz CT molecular complexity index is 1070. The van der Waals surface area contributed by atoms with Crippen molar-refractivity contribution in [1.82, 2.24) is 20.2 Å². The summed E-state index contributed by atoms with van der Waals surface area (Å²) in [5.74, 6) is -1.01. The summed E-state index contributed by atoms with van der Waals surface area (Å²) in [7, 11) is 1.80. The van der Waals surface area contributed by atoms with Crippen LogP contribution in [-0.2, 0) is 26.2 Å². The number of carbonyl (C=O) groups excluding carboxylic acids is 4. The molecule has 0 radical (unpaired) electrons. The molecule has 10 nitrogen and oxygen atoms in total. The molecule has 166 valence electrons. The highest BCUT2D eigenvalue weighted by Crippen LogP contribution is 2.26. The van der Waals surface area contributed by atoms with E-state index in [4.69, 9.17) is 9.47 Å². The summed E-state index contributed by atoms with van der Waals surface area (Å²) in [5.41, 5.74) is 0.628. The topological polar surface area (TPSA) is 129 Å². The van der Waals surface area contributed by atoms with Crippen LogP contribution in [0.4, 0.5) is 0 Å². The lowest BCUT2D eigenvalue weighted by molar-refractivity contribution is -0.157. The van der Waals surface area contributed by atoms with E-state index in [9.17, 15) is 19.2 Å². The Balaban J connectivity index is 1.86. The molecular weight excluding hydrogens is 404 g/mol. The molecule has 1 unspecified atom stereocenters. The van der Waals surface area contributed by atoms with Gasteiger partial charge in [0.2, 0.25) is 11.8 Å². The number of imidazole rings is 1. The number of carbonyl (C=O) groups is 4. The third-order valence-electron chi connectivity index (χ3n) is 4.75. The maximum Gasteiger partial charge on any atom is 0.344 e. The molecule has 2 aromatic rings. The Kier molecular flexibility index (Phi) is 6.01. The summed E-state index contributed by atoms with van der Waals surface area (Å²) in [4.78, 5) is 52.8. The summed E-state index contributed by atoms with van der Waals surface area (Å²) in [5, 5.41) is 4.86. The van der Waals surface area contributed by atoms with Gasteiger partial charge in [-0.3, -0.25) is 19.7 Å². The summed E-state index contributed by atoms with van der Waals surface area (Å²) < 4.78 is 12.6. The third kappa shape index (κ3) is 5.19. The molecule has 1 aromatic heterocycles. The van der Waals surface area contributed by atoms with Gasteiger partial charge in [0.1, 0.15) is 28.7 Å². The Morgan fingerprint density at radius 3 is 2.65 bits per heavy atom. The molecule has 1 aromatic carbocycles. The number of hydrogen-bond donors (Lipinski definition) is 2. The van der Waals surface area contributed by atoms with Gasteiger partial charge in [-0.05, 0) is 40.2 Å². The lowest BCUT2D eigenvalue weighted by Gasteiger charge is -2.22. The van der Waals surface area contributed by atoms with Crippen LogP contribution in [0, 0.1) is 6.92 Å². The van der Waals surface area contributed by atoms with E-state index in [1.807, 2.05) is 0 Å². The number of nitrogens with zero attached hydrogens (tertiary/aromatic N) is 2. The first-order valence-corrected chi connectivity index (χ1v) is 9.91. The molecule has 3 rings (SSSR count). The Labute approximate surface area is 179 Å². The highest BCUT2D eigenvalue weighted by molar-refractivity contribution is 6.08. The summed E-state index contributed by atoms with van der Waals surface area (Å²) in [6.07, 6.45) is 0.365. The van der Waals surface area contributed by atoms with E-state index < -0.39 is 29.4 Å². The van der Waals surface area contributed by atoms with Crippen LogP contribution < -0.4 is 15.4 Å².